The van der Waals surface area contributed by atoms with Gasteiger partial charge in [0.05, 0.1) is 6.10 Å². The van der Waals surface area contributed by atoms with Crippen molar-refractivity contribution in [3.63, 3.8) is 0 Å². The van der Waals surface area contributed by atoms with E-state index < -0.39 is 6.10 Å². The molecule has 1 aliphatic heterocycles. The smallest absolute Gasteiger partial charge is 0.0973 e. The van der Waals surface area contributed by atoms with E-state index in [4.69, 9.17) is 0 Å². The van der Waals surface area contributed by atoms with Crippen molar-refractivity contribution >= 4 is 0 Å². The molecule has 20 heavy (non-hydrogen) atoms. The number of likely N-dealkylation sites (tertiary alicyclic amines) is 1. The van der Waals surface area contributed by atoms with Crippen molar-refractivity contribution in [1.29, 1.82) is 0 Å². The second kappa shape index (κ2) is 6.28. The lowest BCUT2D eigenvalue weighted by atomic mass is 9.82. The van der Waals surface area contributed by atoms with Gasteiger partial charge in [0.15, 0.2) is 0 Å². The Balaban J connectivity index is 2.31. The lowest BCUT2D eigenvalue weighted by molar-refractivity contribution is -0.0355. The van der Waals surface area contributed by atoms with Gasteiger partial charge in [-0.2, -0.15) is 0 Å². The first-order valence-corrected chi connectivity index (χ1v) is 7.99. The minimum absolute atomic E-state index is 0.154. The highest BCUT2D eigenvalue weighted by Gasteiger charge is 2.39. The van der Waals surface area contributed by atoms with Crippen LogP contribution in [0.1, 0.15) is 62.3 Å². The molecule has 2 atom stereocenters. The van der Waals surface area contributed by atoms with Gasteiger partial charge >= 0.3 is 0 Å². The van der Waals surface area contributed by atoms with Crippen LogP contribution in [0.4, 0.5) is 0 Å². The third-order valence-electron chi connectivity index (χ3n) is 5.11. The van der Waals surface area contributed by atoms with Crippen LogP contribution in [0.25, 0.3) is 0 Å². The van der Waals surface area contributed by atoms with Gasteiger partial charge in [0.2, 0.25) is 0 Å². The molecule has 1 saturated heterocycles. The maximum absolute atomic E-state index is 11.1. The molecule has 1 aliphatic rings. The molecule has 2 unspecified atom stereocenters. The molecule has 0 saturated carbocycles. The third kappa shape index (κ3) is 2.91. The van der Waals surface area contributed by atoms with E-state index in [0.29, 0.717) is 0 Å². The Kier molecular flexibility index (Phi) is 4.87. The molecule has 1 aromatic rings. The van der Waals surface area contributed by atoms with Crippen molar-refractivity contribution in [2.45, 2.75) is 65.0 Å². The number of aliphatic hydroxyl groups is 1. The number of benzene rings is 1. The van der Waals surface area contributed by atoms with Crippen molar-refractivity contribution in [3.05, 3.63) is 34.9 Å². The zero-order valence-corrected chi connectivity index (χ0v) is 13.4. The Hall–Kier alpha value is -0.860. The second-order valence-electron chi connectivity index (χ2n) is 6.52. The molecule has 1 heterocycles. The molecular weight excluding hydrogens is 246 g/mol. The van der Waals surface area contributed by atoms with Crippen molar-refractivity contribution < 1.29 is 5.11 Å². The molecule has 2 heteroatoms. The van der Waals surface area contributed by atoms with E-state index in [1.54, 1.807) is 0 Å². The summed E-state index contributed by atoms with van der Waals surface area (Å²) in [6, 6.07) is 6.40. The third-order valence-corrected chi connectivity index (χ3v) is 5.11. The van der Waals surface area contributed by atoms with Gasteiger partial charge in [-0.15, -0.1) is 0 Å². The van der Waals surface area contributed by atoms with Gasteiger partial charge in [-0.1, -0.05) is 37.1 Å². The Bertz CT molecular complexity index is 451. The molecule has 2 rings (SSSR count). The molecular formula is C18H29NO. The van der Waals surface area contributed by atoms with Crippen molar-refractivity contribution in [2.24, 2.45) is 0 Å². The average Bonchev–Trinajstić information content (AvgIpc) is 2.49. The SMILES string of the molecule is CCC(C)(C(O)c1cc(C)ccc1C)N1CCCCC1. The van der Waals surface area contributed by atoms with Gasteiger partial charge < -0.3 is 5.11 Å². The van der Waals surface area contributed by atoms with E-state index in [0.717, 1.165) is 25.1 Å². The lowest BCUT2D eigenvalue weighted by Gasteiger charge is -2.46. The predicted octanol–water partition coefficient (Wildman–Crippen LogP) is 3.99. The minimum Gasteiger partial charge on any atom is -0.386 e. The first-order chi connectivity index (χ1) is 9.49. The summed E-state index contributed by atoms with van der Waals surface area (Å²) in [6.07, 6.45) is 4.41. The van der Waals surface area contributed by atoms with E-state index in [-0.39, 0.29) is 5.54 Å². The van der Waals surface area contributed by atoms with Crippen molar-refractivity contribution in [1.82, 2.24) is 4.90 Å². The maximum atomic E-state index is 11.1. The molecule has 0 aliphatic carbocycles. The van der Waals surface area contributed by atoms with E-state index in [9.17, 15) is 5.11 Å². The number of rotatable bonds is 4. The summed E-state index contributed by atoms with van der Waals surface area (Å²) in [5.74, 6) is 0. The molecule has 0 amide bonds. The number of aliphatic hydroxyl groups excluding tert-OH is 1. The molecule has 0 bridgehead atoms. The predicted molar refractivity (Wildman–Crippen MR) is 85.0 cm³/mol. The molecule has 1 fully saturated rings. The number of hydrogen-bond acceptors (Lipinski definition) is 2. The normalized spacial score (nSPS) is 21.4. The van der Waals surface area contributed by atoms with Gasteiger partial charge in [-0.3, -0.25) is 4.90 Å². The van der Waals surface area contributed by atoms with Gasteiger partial charge in [0.25, 0.3) is 0 Å². The van der Waals surface area contributed by atoms with Crippen LogP contribution in [0.2, 0.25) is 0 Å². The fourth-order valence-corrected chi connectivity index (χ4v) is 3.38. The first-order valence-electron chi connectivity index (χ1n) is 7.99. The summed E-state index contributed by atoms with van der Waals surface area (Å²) in [7, 11) is 0. The topological polar surface area (TPSA) is 23.5 Å². The van der Waals surface area contributed by atoms with Gasteiger partial charge in [-0.25, -0.2) is 0 Å². The first kappa shape index (κ1) is 15.5. The number of nitrogens with zero attached hydrogens (tertiary/aromatic N) is 1. The highest BCUT2D eigenvalue weighted by Crippen LogP contribution is 2.37. The summed E-state index contributed by atoms with van der Waals surface area (Å²) >= 11 is 0. The molecule has 2 nitrogen and oxygen atoms in total. The highest BCUT2D eigenvalue weighted by atomic mass is 16.3. The number of piperidine rings is 1. The van der Waals surface area contributed by atoms with E-state index in [1.807, 2.05) is 0 Å². The van der Waals surface area contributed by atoms with Crippen LogP contribution in [0.15, 0.2) is 18.2 Å². The fraction of sp³-hybridized carbons (Fsp3) is 0.667. The Labute approximate surface area is 123 Å². The highest BCUT2D eigenvalue weighted by molar-refractivity contribution is 5.34. The van der Waals surface area contributed by atoms with Crippen LogP contribution < -0.4 is 0 Å². The monoisotopic (exact) mass is 275 g/mol. The largest absolute Gasteiger partial charge is 0.386 e. The molecule has 1 aromatic carbocycles. The summed E-state index contributed by atoms with van der Waals surface area (Å²) in [6.45, 7) is 10.9. The zero-order valence-electron chi connectivity index (χ0n) is 13.4. The van der Waals surface area contributed by atoms with Crippen LogP contribution in [-0.2, 0) is 0 Å². The van der Waals surface area contributed by atoms with Crippen molar-refractivity contribution in [3.8, 4) is 0 Å². The lowest BCUT2D eigenvalue weighted by Crippen LogP contribution is -2.52. The standard InChI is InChI=1S/C18H29NO/c1-5-18(4,19-11-7-6-8-12-19)17(20)16-13-14(2)9-10-15(16)3/h9-10,13,17,20H,5-8,11-12H2,1-4H3. The summed E-state index contributed by atoms with van der Waals surface area (Å²) in [5.41, 5.74) is 3.36. The zero-order chi connectivity index (χ0) is 14.8. The Morgan fingerprint density at radius 2 is 1.85 bits per heavy atom. The van der Waals surface area contributed by atoms with Crippen LogP contribution in [0.3, 0.4) is 0 Å². The van der Waals surface area contributed by atoms with Crippen LogP contribution in [0.5, 0.6) is 0 Å². The van der Waals surface area contributed by atoms with Gasteiger partial charge in [0.1, 0.15) is 0 Å². The molecule has 1 N–H and O–H groups in total. The molecule has 0 radical (unpaired) electrons. The second-order valence-corrected chi connectivity index (χ2v) is 6.52. The maximum Gasteiger partial charge on any atom is 0.0973 e. The van der Waals surface area contributed by atoms with Crippen LogP contribution in [0, 0.1) is 13.8 Å². The Morgan fingerprint density at radius 1 is 1.20 bits per heavy atom. The summed E-state index contributed by atoms with van der Waals surface area (Å²) in [4.78, 5) is 2.50. The van der Waals surface area contributed by atoms with Gasteiger partial charge in [-0.05, 0) is 64.3 Å². The number of aryl methyl sites for hydroxylation is 2. The number of hydrogen-bond donors (Lipinski definition) is 1. The van der Waals surface area contributed by atoms with E-state index in [1.165, 1.54) is 30.4 Å². The van der Waals surface area contributed by atoms with Gasteiger partial charge in [0, 0.05) is 5.54 Å². The average molecular weight is 275 g/mol. The molecule has 0 aromatic heterocycles. The van der Waals surface area contributed by atoms with E-state index >= 15 is 0 Å². The quantitative estimate of drug-likeness (QED) is 0.898. The van der Waals surface area contributed by atoms with Crippen molar-refractivity contribution in [2.75, 3.05) is 13.1 Å². The molecule has 0 spiro atoms. The minimum atomic E-state index is -0.412. The van der Waals surface area contributed by atoms with E-state index in [2.05, 4.69) is 50.8 Å². The van der Waals surface area contributed by atoms with Crippen LogP contribution >= 0.6 is 0 Å². The van der Waals surface area contributed by atoms with Crippen LogP contribution in [-0.4, -0.2) is 28.6 Å². The molecule has 112 valence electrons. The summed E-state index contributed by atoms with van der Waals surface area (Å²) < 4.78 is 0. The Morgan fingerprint density at radius 3 is 2.45 bits per heavy atom. The summed E-state index contributed by atoms with van der Waals surface area (Å²) in [5, 5.41) is 11.1. The fourth-order valence-electron chi connectivity index (χ4n) is 3.38.